The molecule has 9 heteroatoms. The number of aryl methyl sites for hydroxylation is 1. The van der Waals surface area contributed by atoms with Crippen LogP contribution in [0.1, 0.15) is 42.1 Å². The SMILES string of the molecule is CC1(COc2cc(-n3nc4c(c3Cl)CCCC4)c(F)cc2Cl)C=C(c2ccc(C#N)cc2)NO1. The first-order valence-electron chi connectivity index (χ1n) is 10.9. The Morgan fingerprint density at radius 1 is 1.24 bits per heavy atom. The van der Waals surface area contributed by atoms with Crippen molar-refractivity contribution in [3.05, 3.63) is 80.9 Å². The van der Waals surface area contributed by atoms with Crippen LogP contribution in [0, 0.1) is 17.1 Å². The summed E-state index contributed by atoms with van der Waals surface area (Å²) in [5.41, 5.74) is 6.39. The van der Waals surface area contributed by atoms with Crippen LogP contribution < -0.4 is 10.2 Å². The molecule has 1 atom stereocenters. The number of nitrogens with zero attached hydrogens (tertiary/aromatic N) is 3. The number of hydrogen-bond donors (Lipinski definition) is 1. The Morgan fingerprint density at radius 2 is 2.00 bits per heavy atom. The maximum Gasteiger partial charge on any atom is 0.150 e. The highest BCUT2D eigenvalue weighted by atomic mass is 35.5. The fraction of sp³-hybridized carbons (Fsp3) is 0.280. The minimum atomic E-state index is -0.802. The van der Waals surface area contributed by atoms with Gasteiger partial charge in [0.05, 0.1) is 28.0 Å². The van der Waals surface area contributed by atoms with Gasteiger partial charge in [0, 0.05) is 11.6 Å². The number of ether oxygens (including phenoxy) is 1. The van der Waals surface area contributed by atoms with Gasteiger partial charge in [0.1, 0.15) is 28.8 Å². The summed E-state index contributed by atoms with van der Waals surface area (Å²) >= 11 is 12.8. The molecule has 174 valence electrons. The zero-order valence-electron chi connectivity index (χ0n) is 18.4. The van der Waals surface area contributed by atoms with E-state index in [2.05, 4.69) is 16.6 Å². The Morgan fingerprint density at radius 3 is 2.74 bits per heavy atom. The summed E-state index contributed by atoms with van der Waals surface area (Å²) in [5.74, 6) is -0.236. The summed E-state index contributed by atoms with van der Waals surface area (Å²) in [5, 5.41) is 14.1. The van der Waals surface area contributed by atoms with Crippen LogP contribution in [0.4, 0.5) is 4.39 Å². The van der Waals surface area contributed by atoms with Crippen molar-refractivity contribution in [2.75, 3.05) is 6.61 Å². The van der Waals surface area contributed by atoms with E-state index in [0.717, 1.165) is 48.2 Å². The minimum absolute atomic E-state index is 0.119. The van der Waals surface area contributed by atoms with Gasteiger partial charge in [0.15, 0.2) is 5.82 Å². The van der Waals surface area contributed by atoms with Gasteiger partial charge in [-0.15, -0.1) is 0 Å². The van der Waals surface area contributed by atoms with E-state index in [4.69, 9.17) is 38.0 Å². The molecule has 0 amide bonds. The molecular formula is C25H21Cl2FN4O2. The molecule has 1 N–H and O–H groups in total. The van der Waals surface area contributed by atoms with E-state index < -0.39 is 11.4 Å². The van der Waals surface area contributed by atoms with E-state index in [1.165, 1.54) is 16.8 Å². The van der Waals surface area contributed by atoms with Crippen LogP contribution in [-0.2, 0) is 17.7 Å². The number of nitriles is 1. The van der Waals surface area contributed by atoms with Gasteiger partial charge in [-0.3, -0.25) is 10.3 Å². The van der Waals surface area contributed by atoms with E-state index in [-0.39, 0.29) is 17.3 Å². The van der Waals surface area contributed by atoms with Crippen molar-refractivity contribution in [2.24, 2.45) is 0 Å². The Hall–Kier alpha value is -3.05. The first-order chi connectivity index (χ1) is 16.4. The zero-order chi connectivity index (χ0) is 23.9. The largest absolute Gasteiger partial charge is 0.488 e. The Bertz CT molecular complexity index is 1330. The molecule has 2 heterocycles. The third kappa shape index (κ3) is 4.25. The summed E-state index contributed by atoms with van der Waals surface area (Å²) in [6, 6.07) is 12.0. The van der Waals surface area contributed by atoms with Crippen LogP contribution in [0.5, 0.6) is 5.75 Å². The molecular weight excluding hydrogens is 478 g/mol. The highest BCUT2D eigenvalue weighted by Gasteiger charge is 2.32. The predicted octanol–water partition coefficient (Wildman–Crippen LogP) is 5.78. The van der Waals surface area contributed by atoms with Crippen LogP contribution in [-0.4, -0.2) is 22.0 Å². The summed E-state index contributed by atoms with van der Waals surface area (Å²) < 4.78 is 22.2. The van der Waals surface area contributed by atoms with Gasteiger partial charge in [0.25, 0.3) is 0 Å². The van der Waals surface area contributed by atoms with E-state index >= 15 is 0 Å². The standard InChI is InChI=1S/C25H21Cl2FN4O2/c1-25(12-21(31-34-25)16-8-6-15(13-29)7-9-16)14-33-23-11-22(19(28)10-18(23)26)32-24(27)17-4-2-3-5-20(17)30-32/h6-12,31H,2-5,14H2,1H3. The lowest BCUT2D eigenvalue weighted by atomic mass is 9.99. The summed E-state index contributed by atoms with van der Waals surface area (Å²) in [6.45, 7) is 1.97. The topological polar surface area (TPSA) is 72.1 Å². The second-order valence-electron chi connectivity index (χ2n) is 8.62. The lowest BCUT2D eigenvalue weighted by Crippen LogP contribution is -2.33. The van der Waals surface area contributed by atoms with Gasteiger partial charge in [-0.2, -0.15) is 10.4 Å². The van der Waals surface area contributed by atoms with Crippen LogP contribution >= 0.6 is 23.2 Å². The van der Waals surface area contributed by atoms with Crippen molar-refractivity contribution in [2.45, 2.75) is 38.2 Å². The van der Waals surface area contributed by atoms with Crippen LogP contribution in [0.25, 0.3) is 11.4 Å². The molecule has 34 heavy (non-hydrogen) atoms. The number of hydroxylamine groups is 1. The normalized spacial score (nSPS) is 19.2. The Labute approximate surface area is 206 Å². The van der Waals surface area contributed by atoms with E-state index in [1.54, 1.807) is 12.1 Å². The average molecular weight is 499 g/mol. The van der Waals surface area contributed by atoms with Gasteiger partial charge >= 0.3 is 0 Å². The molecule has 0 saturated carbocycles. The van der Waals surface area contributed by atoms with E-state index in [9.17, 15) is 4.39 Å². The maximum absolute atomic E-state index is 14.8. The fourth-order valence-corrected chi connectivity index (χ4v) is 4.70. The third-order valence-corrected chi connectivity index (χ3v) is 6.69. The summed E-state index contributed by atoms with van der Waals surface area (Å²) in [6.07, 6.45) is 5.65. The van der Waals surface area contributed by atoms with Crippen molar-refractivity contribution >= 4 is 28.9 Å². The zero-order valence-corrected chi connectivity index (χ0v) is 19.9. The molecule has 0 spiro atoms. The van der Waals surface area contributed by atoms with Gasteiger partial charge in [-0.05, 0) is 62.4 Å². The van der Waals surface area contributed by atoms with Crippen molar-refractivity contribution in [3.63, 3.8) is 0 Å². The first-order valence-corrected chi connectivity index (χ1v) is 11.7. The highest BCUT2D eigenvalue weighted by molar-refractivity contribution is 6.32. The maximum atomic E-state index is 14.8. The quantitative estimate of drug-likeness (QED) is 0.482. The molecule has 6 nitrogen and oxygen atoms in total. The lowest BCUT2D eigenvalue weighted by Gasteiger charge is -2.21. The van der Waals surface area contributed by atoms with Crippen LogP contribution in [0.2, 0.25) is 10.2 Å². The molecule has 0 saturated heterocycles. The number of fused-ring (bicyclic) bond motifs is 1. The lowest BCUT2D eigenvalue weighted by molar-refractivity contribution is -0.0472. The number of nitrogens with one attached hydrogen (secondary N) is 1. The highest BCUT2D eigenvalue weighted by Crippen LogP contribution is 2.35. The van der Waals surface area contributed by atoms with Crippen LogP contribution in [0.15, 0.2) is 42.5 Å². The molecule has 1 aromatic heterocycles. The first kappa shape index (κ1) is 22.7. The molecule has 0 bridgehead atoms. The summed E-state index contributed by atoms with van der Waals surface area (Å²) in [7, 11) is 0. The average Bonchev–Trinajstić information content (AvgIpc) is 3.39. The molecule has 3 aromatic rings. The van der Waals surface area contributed by atoms with Gasteiger partial charge in [0.2, 0.25) is 0 Å². The molecule has 2 aromatic carbocycles. The van der Waals surface area contributed by atoms with Gasteiger partial charge in [-0.1, -0.05) is 35.3 Å². The second-order valence-corrected chi connectivity index (χ2v) is 9.39. The monoisotopic (exact) mass is 498 g/mol. The molecule has 5 rings (SSSR count). The number of benzene rings is 2. The number of aromatic nitrogens is 2. The van der Waals surface area contributed by atoms with Crippen molar-refractivity contribution < 1.29 is 14.0 Å². The molecule has 0 fully saturated rings. The number of halogens is 3. The van der Waals surface area contributed by atoms with Gasteiger partial charge < -0.3 is 4.74 Å². The number of hydrogen-bond acceptors (Lipinski definition) is 5. The van der Waals surface area contributed by atoms with E-state index in [1.807, 2.05) is 25.1 Å². The molecule has 1 aliphatic heterocycles. The van der Waals surface area contributed by atoms with Gasteiger partial charge in [-0.25, -0.2) is 9.07 Å². The number of rotatable bonds is 5. The van der Waals surface area contributed by atoms with Crippen molar-refractivity contribution in [1.82, 2.24) is 15.3 Å². The minimum Gasteiger partial charge on any atom is -0.488 e. The third-order valence-electron chi connectivity index (χ3n) is 6.01. The van der Waals surface area contributed by atoms with Crippen molar-refractivity contribution in [3.8, 4) is 17.5 Å². The predicted molar refractivity (Wildman–Crippen MR) is 127 cm³/mol. The second kappa shape index (κ2) is 8.95. The molecule has 0 radical (unpaired) electrons. The smallest absolute Gasteiger partial charge is 0.150 e. The van der Waals surface area contributed by atoms with Crippen molar-refractivity contribution in [1.29, 1.82) is 5.26 Å². The Balaban J connectivity index is 1.38. The Kier molecular flexibility index (Phi) is 5.98. The summed E-state index contributed by atoms with van der Waals surface area (Å²) in [4.78, 5) is 5.75. The molecule has 1 unspecified atom stereocenters. The van der Waals surface area contributed by atoms with Crippen LogP contribution in [0.3, 0.4) is 0 Å². The molecule has 2 aliphatic rings. The fourth-order valence-electron chi connectivity index (χ4n) is 4.16. The van der Waals surface area contributed by atoms with E-state index in [0.29, 0.717) is 16.5 Å². The molecule has 1 aliphatic carbocycles.